The molecule has 0 aromatic rings. The van der Waals surface area contributed by atoms with Crippen molar-refractivity contribution in [2.45, 2.75) is 19.4 Å². The summed E-state index contributed by atoms with van der Waals surface area (Å²) < 4.78 is 5.44. The summed E-state index contributed by atoms with van der Waals surface area (Å²) in [6, 6.07) is 0. The minimum absolute atomic E-state index is 0.274. The Morgan fingerprint density at radius 2 is 2.36 bits per heavy atom. The van der Waals surface area contributed by atoms with Crippen LogP contribution in [0.5, 0.6) is 0 Å². The summed E-state index contributed by atoms with van der Waals surface area (Å²) in [5, 5.41) is 12.1. The Morgan fingerprint density at radius 3 is 3.00 bits per heavy atom. The largest absolute Gasteiger partial charge is 0.396 e. The van der Waals surface area contributed by atoms with Gasteiger partial charge in [-0.05, 0) is 19.3 Å². The van der Waals surface area contributed by atoms with Crippen molar-refractivity contribution in [2.24, 2.45) is 5.92 Å². The quantitative estimate of drug-likeness (QED) is 0.608. The van der Waals surface area contributed by atoms with E-state index in [-0.39, 0.29) is 6.61 Å². The third-order valence-corrected chi connectivity index (χ3v) is 2.06. The predicted octanol–water partition coefficient (Wildman–Crippen LogP) is -0.00670. The van der Waals surface area contributed by atoms with E-state index < -0.39 is 0 Å². The molecular weight excluding hydrogens is 142 g/mol. The van der Waals surface area contributed by atoms with E-state index in [1.54, 1.807) is 0 Å². The SMILES string of the molecule is CCOC1CNCC(CO)C1. The third-order valence-electron chi connectivity index (χ3n) is 2.06. The summed E-state index contributed by atoms with van der Waals surface area (Å²) in [6.07, 6.45) is 1.31. The Kier molecular flexibility index (Phi) is 3.83. The van der Waals surface area contributed by atoms with Gasteiger partial charge in [0.2, 0.25) is 0 Å². The summed E-state index contributed by atoms with van der Waals surface area (Å²) in [4.78, 5) is 0. The first-order chi connectivity index (χ1) is 5.36. The molecule has 0 aromatic heterocycles. The molecule has 0 radical (unpaired) electrons. The van der Waals surface area contributed by atoms with E-state index in [4.69, 9.17) is 9.84 Å². The lowest BCUT2D eigenvalue weighted by molar-refractivity contribution is 0.0199. The molecule has 0 aromatic carbocycles. The second-order valence-corrected chi connectivity index (χ2v) is 3.02. The molecule has 0 aliphatic carbocycles. The molecular formula is C8H17NO2. The van der Waals surface area contributed by atoms with Gasteiger partial charge in [0.05, 0.1) is 6.10 Å². The highest BCUT2D eigenvalue weighted by Crippen LogP contribution is 2.12. The van der Waals surface area contributed by atoms with Gasteiger partial charge in [0.1, 0.15) is 0 Å². The Labute approximate surface area is 67.7 Å². The lowest BCUT2D eigenvalue weighted by Gasteiger charge is -2.28. The third kappa shape index (κ3) is 2.77. The van der Waals surface area contributed by atoms with Crippen molar-refractivity contribution in [3.63, 3.8) is 0 Å². The van der Waals surface area contributed by atoms with Crippen molar-refractivity contribution in [2.75, 3.05) is 26.3 Å². The van der Waals surface area contributed by atoms with E-state index in [0.29, 0.717) is 12.0 Å². The maximum atomic E-state index is 8.88. The normalized spacial score (nSPS) is 32.2. The van der Waals surface area contributed by atoms with Crippen molar-refractivity contribution >= 4 is 0 Å². The van der Waals surface area contributed by atoms with Crippen LogP contribution in [0, 0.1) is 5.92 Å². The summed E-state index contributed by atoms with van der Waals surface area (Å²) in [5.41, 5.74) is 0. The zero-order valence-electron chi connectivity index (χ0n) is 7.05. The van der Waals surface area contributed by atoms with Crippen LogP contribution in [-0.4, -0.2) is 37.5 Å². The van der Waals surface area contributed by atoms with Crippen LogP contribution < -0.4 is 5.32 Å². The Balaban J connectivity index is 2.21. The van der Waals surface area contributed by atoms with Crippen molar-refractivity contribution in [1.82, 2.24) is 5.32 Å². The number of piperidine rings is 1. The maximum Gasteiger partial charge on any atom is 0.0703 e. The van der Waals surface area contributed by atoms with Crippen LogP contribution in [0.15, 0.2) is 0 Å². The van der Waals surface area contributed by atoms with Gasteiger partial charge < -0.3 is 15.2 Å². The first kappa shape index (κ1) is 8.97. The minimum Gasteiger partial charge on any atom is -0.396 e. The Bertz CT molecular complexity index is 106. The van der Waals surface area contributed by atoms with Gasteiger partial charge in [0, 0.05) is 26.3 Å². The van der Waals surface area contributed by atoms with Gasteiger partial charge in [-0.3, -0.25) is 0 Å². The predicted molar refractivity (Wildman–Crippen MR) is 43.5 cm³/mol. The van der Waals surface area contributed by atoms with Crippen LogP contribution in [0.25, 0.3) is 0 Å². The first-order valence-corrected chi connectivity index (χ1v) is 4.30. The highest BCUT2D eigenvalue weighted by molar-refractivity contribution is 4.75. The second-order valence-electron chi connectivity index (χ2n) is 3.02. The molecule has 11 heavy (non-hydrogen) atoms. The highest BCUT2D eigenvalue weighted by atomic mass is 16.5. The van der Waals surface area contributed by atoms with Gasteiger partial charge in [0.25, 0.3) is 0 Å². The molecule has 0 bridgehead atoms. The topological polar surface area (TPSA) is 41.5 Å². The molecule has 1 saturated heterocycles. The minimum atomic E-state index is 0.274. The standard InChI is InChI=1S/C8H17NO2/c1-2-11-8-3-7(6-10)4-9-5-8/h7-10H,2-6H2,1H3. The molecule has 1 aliphatic heterocycles. The van der Waals surface area contributed by atoms with Gasteiger partial charge in [-0.2, -0.15) is 0 Å². The molecule has 0 spiro atoms. The van der Waals surface area contributed by atoms with E-state index >= 15 is 0 Å². The van der Waals surface area contributed by atoms with Crippen molar-refractivity contribution in [1.29, 1.82) is 0 Å². The summed E-state index contributed by atoms with van der Waals surface area (Å²) in [5.74, 6) is 0.389. The number of aliphatic hydroxyl groups is 1. The van der Waals surface area contributed by atoms with Gasteiger partial charge >= 0.3 is 0 Å². The average molecular weight is 159 g/mol. The molecule has 3 nitrogen and oxygen atoms in total. The molecule has 1 aliphatic rings. The van der Waals surface area contributed by atoms with Crippen LogP contribution in [0.1, 0.15) is 13.3 Å². The zero-order chi connectivity index (χ0) is 8.10. The van der Waals surface area contributed by atoms with Crippen LogP contribution in [-0.2, 0) is 4.74 Å². The average Bonchev–Trinajstić information content (AvgIpc) is 2.06. The first-order valence-electron chi connectivity index (χ1n) is 4.30. The zero-order valence-corrected chi connectivity index (χ0v) is 7.05. The monoisotopic (exact) mass is 159 g/mol. The molecule has 2 unspecified atom stereocenters. The van der Waals surface area contributed by atoms with Crippen molar-refractivity contribution < 1.29 is 9.84 Å². The molecule has 66 valence electrons. The molecule has 1 fully saturated rings. The molecule has 0 saturated carbocycles. The number of hydrogen-bond acceptors (Lipinski definition) is 3. The fraction of sp³-hybridized carbons (Fsp3) is 1.00. The van der Waals surface area contributed by atoms with Crippen LogP contribution in [0.4, 0.5) is 0 Å². The smallest absolute Gasteiger partial charge is 0.0703 e. The summed E-state index contributed by atoms with van der Waals surface area (Å²) in [6.45, 7) is 4.91. The molecule has 2 atom stereocenters. The van der Waals surface area contributed by atoms with Crippen molar-refractivity contribution in [3.05, 3.63) is 0 Å². The van der Waals surface area contributed by atoms with Gasteiger partial charge in [-0.15, -0.1) is 0 Å². The second kappa shape index (κ2) is 4.70. The fourth-order valence-electron chi connectivity index (χ4n) is 1.49. The molecule has 1 heterocycles. The lowest BCUT2D eigenvalue weighted by Crippen LogP contribution is -2.41. The Hall–Kier alpha value is -0.120. The van der Waals surface area contributed by atoms with E-state index in [0.717, 1.165) is 26.1 Å². The summed E-state index contributed by atoms with van der Waals surface area (Å²) in [7, 11) is 0. The van der Waals surface area contributed by atoms with Crippen LogP contribution in [0.3, 0.4) is 0 Å². The molecule has 0 amide bonds. The molecule has 3 heteroatoms. The molecule has 1 rings (SSSR count). The lowest BCUT2D eigenvalue weighted by atomic mass is 9.98. The van der Waals surface area contributed by atoms with Crippen molar-refractivity contribution in [3.8, 4) is 0 Å². The van der Waals surface area contributed by atoms with E-state index in [1.807, 2.05) is 6.92 Å². The van der Waals surface area contributed by atoms with E-state index in [9.17, 15) is 0 Å². The van der Waals surface area contributed by atoms with Crippen LogP contribution in [0.2, 0.25) is 0 Å². The number of hydrogen-bond donors (Lipinski definition) is 2. The van der Waals surface area contributed by atoms with Gasteiger partial charge in [-0.1, -0.05) is 0 Å². The maximum absolute atomic E-state index is 8.88. The van der Waals surface area contributed by atoms with Crippen LogP contribution >= 0.6 is 0 Å². The number of nitrogens with one attached hydrogen (secondary N) is 1. The van der Waals surface area contributed by atoms with Gasteiger partial charge in [-0.25, -0.2) is 0 Å². The van der Waals surface area contributed by atoms with Gasteiger partial charge in [0.15, 0.2) is 0 Å². The number of aliphatic hydroxyl groups excluding tert-OH is 1. The van der Waals surface area contributed by atoms with E-state index in [2.05, 4.69) is 5.32 Å². The summed E-state index contributed by atoms with van der Waals surface area (Å²) >= 11 is 0. The van der Waals surface area contributed by atoms with E-state index in [1.165, 1.54) is 0 Å². The fourth-order valence-corrected chi connectivity index (χ4v) is 1.49. The number of ether oxygens (including phenoxy) is 1. The Morgan fingerprint density at radius 1 is 1.55 bits per heavy atom. The number of rotatable bonds is 3. The highest BCUT2D eigenvalue weighted by Gasteiger charge is 2.20. The molecule has 2 N–H and O–H groups in total.